The molecule has 1 atom stereocenters. The van der Waals surface area contributed by atoms with Gasteiger partial charge < -0.3 is 9.84 Å². The van der Waals surface area contributed by atoms with Crippen LogP contribution in [0.5, 0.6) is 5.75 Å². The maximum Gasteiger partial charge on any atom is 0.303 e. The van der Waals surface area contributed by atoms with Crippen molar-refractivity contribution in [3.63, 3.8) is 0 Å². The van der Waals surface area contributed by atoms with Crippen LogP contribution in [-0.2, 0) is 23.2 Å². The fraction of sp³-hybridized carbons (Fsp3) is 0.333. The average molecular weight is 496 g/mol. The van der Waals surface area contributed by atoms with Crippen molar-refractivity contribution in [3.8, 4) is 11.8 Å². The van der Waals surface area contributed by atoms with Crippen LogP contribution < -0.4 is 4.74 Å². The Morgan fingerprint density at radius 1 is 0.973 bits per heavy atom. The number of ether oxygens (including phenoxy) is 1. The van der Waals surface area contributed by atoms with Gasteiger partial charge in [0.15, 0.2) is 0 Å². The Labute approximate surface area is 221 Å². The molecule has 0 spiro atoms. The first-order valence-electron chi connectivity index (χ1n) is 12.9. The minimum absolute atomic E-state index is 0.124. The van der Waals surface area contributed by atoms with Crippen LogP contribution in [0.3, 0.4) is 0 Å². The number of nitrogens with zero attached hydrogens (tertiary/aromatic N) is 1. The van der Waals surface area contributed by atoms with E-state index >= 15 is 0 Å². The fourth-order valence-corrected chi connectivity index (χ4v) is 4.22. The van der Waals surface area contributed by atoms with Crippen LogP contribution in [0.2, 0.25) is 0 Å². The standard InChI is InChI=1S/C33H37NO3/c1-33(2,3)30-20-17-28(18-21-30)24-37-31-10-6-5-9-29(31)19-16-25(8-4-7-11-32(35)36)22-26-12-14-27(23-34)15-13-26/h5-6,9-10,12-21,25H,4,7-8,11,22,24H2,1-3H3,(H,35,36). The summed E-state index contributed by atoms with van der Waals surface area (Å²) >= 11 is 0. The molecule has 0 aliphatic carbocycles. The molecule has 3 aromatic carbocycles. The maximum atomic E-state index is 10.9. The Kier molecular flexibility index (Phi) is 10.1. The highest BCUT2D eigenvalue weighted by Crippen LogP contribution is 2.26. The molecule has 192 valence electrons. The molecule has 3 rings (SSSR count). The largest absolute Gasteiger partial charge is 0.488 e. The van der Waals surface area contributed by atoms with Gasteiger partial charge in [0.1, 0.15) is 12.4 Å². The third kappa shape index (κ3) is 9.28. The van der Waals surface area contributed by atoms with E-state index in [0.29, 0.717) is 18.6 Å². The van der Waals surface area contributed by atoms with Crippen molar-refractivity contribution >= 4 is 12.0 Å². The number of carboxylic acids is 1. The molecule has 0 bridgehead atoms. The van der Waals surface area contributed by atoms with Gasteiger partial charge in [-0.1, -0.05) is 93.9 Å². The van der Waals surface area contributed by atoms with Gasteiger partial charge in [0.05, 0.1) is 11.6 Å². The second-order valence-corrected chi connectivity index (χ2v) is 10.5. The SMILES string of the molecule is CC(C)(C)c1ccc(COc2ccccc2C=CC(CCCCC(=O)O)Cc2ccc(C#N)cc2)cc1. The van der Waals surface area contributed by atoms with E-state index in [-0.39, 0.29) is 17.8 Å². The first-order chi connectivity index (χ1) is 17.7. The predicted molar refractivity (Wildman–Crippen MR) is 149 cm³/mol. The fourth-order valence-electron chi connectivity index (χ4n) is 4.22. The zero-order valence-electron chi connectivity index (χ0n) is 22.1. The Hall–Kier alpha value is -3.84. The molecule has 4 nitrogen and oxygen atoms in total. The van der Waals surface area contributed by atoms with E-state index in [0.717, 1.165) is 41.7 Å². The molecular formula is C33H37NO3. The lowest BCUT2D eigenvalue weighted by molar-refractivity contribution is -0.137. The number of allylic oxidation sites excluding steroid dienone is 1. The van der Waals surface area contributed by atoms with Crippen molar-refractivity contribution < 1.29 is 14.6 Å². The van der Waals surface area contributed by atoms with Crippen LogP contribution >= 0.6 is 0 Å². The second kappa shape index (κ2) is 13.5. The summed E-state index contributed by atoms with van der Waals surface area (Å²) in [7, 11) is 0. The number of para-hydroxylation sites is 1. The monoisotopic (exact) mass is 495 g/mol. The van der Waals surface area contributed by atoms with Crippen LogP contribution in [0, 0.1) is 17.2 Å². The molecule has 0 aliphatic heterocycles. The number of carboxylic acid groups (broad SMARTS) is 1. The number of hydrogen-bond donors (Lipinski definition) is 1. The molecule has 0 heterocycles. The number of nitriles is 1. The summed E-state index contributed by atoms with van der Waals surface area (Å²) < 4.78 is 6.20. The zero-order chi connectivity index (χ0) is 26.7. The van der Waals surface area contributed by atoms with Gasteiger partial charge in [0.2, 0.25) is 0 Å². The van der Waals surface area contributed by atoms with Crippen molar-refractivity contribution in [2.24, 2.45) is 5.92 Å². The molecule has 0 radical (unpaired) electrons. The van der Waals surface area contributed by atoms with E-state index in [1.807, 2.05) is 42.5 Å². The minimum atomic E-state index is -0.752. The minimum Gasteiger partial charge on any atom is -0.488 e. The van der Waals surface area contributed by atoms with Gasteiger partial charge >= 0.3 is 5.97 Å². The highest BCUT2D eigenvalue weighted by molar-refractivity contribution is 5.66. The molecular weight excluding hydrogens is 458 g/mol. The molecule has 1 N–H and O–H groups in total. The summed E-state index contributed by atoms with van der Waals surface area (Å²) in [6, 6.07) is 26.5. The first-order valence-corrected chi connectivity index (χ1v) is 12.9. The van der Waals surface area contributed by atoms with Crippen LogP contribution in [0.15, 0.2) is 78.9 Å². The van der Waals surface area contributed by atoms with Gasteiger partial charge in [-0.15, -0.1) is 0 Å². The van der Waals surface area contributed by atoms with Crippen LogP contribution in [0.25, 0.3) is 6.08 Å². The van der Waals surface area contributed by atoms with E-state index in [4.69, 9.17) is 15.1 Å². The number of aliphatic carboxylic acids is 1. The van der Waals surface area contributed by atoms with Crippen LogP contribution in [0.4, 0.5) is 0 Å². The zero-order valence-corrected chi connectivity index (χ0v) is 22.1. The summed E-state index contributed by atoms with van der Waals surface area (Å²) in [6.45, 7) is 7.13. The van der Waals surface area contributed by atoms with Crippen molar-refractivity contribution in [2.75, 3.05) is 0 Å². The second-order valence-electron chi connectivity index (χ2n) is 10.5. The molecule has 0 aromatic heterocycles. The molecule has 0 fully saturated rings. The smallest absolute Gasteiger partial charge is 0.303 e. The Balaban J connectivity index is 1.69. The van der Waals surface area contributed by atoms with E-state index < -0.39 is 5.97 Å². The summed E-state index contributed by atoms with van der Waals surface area (Å²) in [4.78, 5) is 10.9. The van der Waals surface area contributed by atoms with E-state index in [2.05, 4.69) is 69.3 Å². The number of carbonyl (C=O) groups is 1. The molecule has 37 heavy (non-hydrogen) atoms. The third-order valence-electron chi connectivity index (χ3n) is 6.48. The molecule has 1 unspecified atom stereocenters. The summed E-state index contributed by atoms with van der Waals surface area (Å²) in [5.74, 6) is 0.333. The first kappa shape index (κ1) is 27.7. The normalized spacial score (nSPS) is 12.3. The Morgan fingerprint density at radius 3 is 2.30 bits per heavy atom. The van der Waals surface area contributed by atoms with Gasteiger partial charge in [-0.2, -0.15) is 5.26 Å². The van der Waals surface area contributed by atoms with Crippen molar-refractivity contribution in [3.05, 3.63) is 107 Å². The molecule has 0 amide bonds. The molecule has 4 heteroatoms. The maximum absolute atomic E-state index is 10.9. The molecule has 0 saturated heterocycles. The third-order valence-corrected chi connectivity index (χ3v) is 6.48. The van der Waals surface area contributed by atoms with Gasteiger partial charge in [0.25, 0.3) is 0 Å². The van der Waals surface area contributed by atoms with Crippen LogP contribution in [-0.4, -0.2) is 11.1 Å². The molecule has 0 aliphatic rings. The number of hydrogen-bond acceptors (Lipinski definition) is 3. The lowest BCUT2D eigenvalue weighted by atomic mass is 9.87. The van der Waals surface area contributed by atoms with Gasteiger partial charge in [0, 0.05) is 12.0 Å². The lowest BCUT2D eigenvalue weighted by Crippen LogP contribution is -2.10. The van der Waals surface area contributed by atoms with Crippen molar-refractivity contribution in [1.29, 1.82) is 5.26 Å². The number of unbranched alkanes of at least 4 members (excludes halogenated alkanes) is 1. The van der Waals surface area contributed by atoms with Crippen LogP contribution in [0.1, 0.15) is 74.3 Å². The highest BCUT2D eigenvalue weighted by atomic mass is 16.5. The average Bonchev–Trinajstić information content (AvgIpc) is 2.89. The lowest BCUT2D eigenvalue weighted by Gasteiger charge is -2.19. The van der Waals surface area contributed by atoms with Crippen molar-refractivity contribution in [1.82, 2.24) is 0 Å². The molecule has 0 saturated carbocycles. The number of benzene rings is 3. The van der Waals surface area contributed by atoms with Gasteiger partial charge in [-0.05, 0) is 65.5 Å². The topological polar surface area (TPSA) is 70.3 Å². The van der Waals surface area contributed by atoms with Gasteiger partial charge in [-0.25, -0.2) is 0 Å². The highest BCUT2D eigenvalue weighted by Gasteiger charge is 2.13. The van der Waals surface area contributed by atoms with Gasteiger partial charge in [-0.3, -0.25) is 4.79 Å². The van der Waals surface area contributed by atoms with E-state index in [1.165, 1.54) is 5.56 Å². The summed E-state index contributed by atoms with van der Waals surface area (Å²) in [5.41, 5.74) is 5.38. The predicted octanol–water partition coefficient (Wildman–Crippen LogP) is 7.95. The quantitative estimate of drug-likeness (QED) is 0.259. The van der Waals surface area contributed by atoms with E-state index in [9.17, 15) is 4.79 Å². The Bertz CT molecular complexity index is 1210. The summed E-state index contributed by atoms with van der Waals surface area (Å²) in [6.07, 6.45) is 7.76. The van der Waals surface area contributed by atoms with Crippen molar-refractivity contribution in [2.45, 2.75) is 64.9 Å². The van der Waals surface area contributed by atoms with E-state index in [1.54, 1.807) is 0 Å². The number of rotatable bonds is 12. The summed E-state index contributed by atoms with van der Waals surface area (Å²) in [5, 5.41) is 18.0. The Morgan fingerprint density at radius 2 is 1.65 bits per heavy atom. The molecule has 3 aromatic rings.